The van der Waals surface area contributed by atoms with Crippen LogP contribution in [0.1, 0.15) is 78.1 Å². The van der Waals surface area contributed by atoms with Crippen LogP contribution in [-0.2, 0) is 19.3 Å². The van der Waals surface area contributed by atoms with Gasteiger partial charge in [-0.15, -0.1) is 0 Å². The quantitative estimate of drug-likeness (QED) is 0.281. The Balaban J connectivity index is 1.56. The fraction of sp³-hybridized carbons (Fsp3) is 0.947. The smallest absolute Gasteiger partial charge is 0.308 e. The molecule has 0 atom stereocenters. The molecule has 2 fully saturated rings. The van der Waals surface area contributed by atoms with Gasteiger partial charge in [-0.1, -0.05) is 52.4 Å². The fourth-order valence-electron chi connectivity index (χ4n) is 3.46. The van der Waals surface area contributed by atoms with Gasteiger partial charge in [0.2, 0.25) is 0 Å². The molecule has 0 radical (unpaired) electrons. The molecular weight excluding hydrogens is 292 g/mol. The van der Waals surface area contributed by atoms with E-state index in [0.29, 0.717) is 25.7 Å². The van der Waals surface area contributed by atoms with Crippen molar-refractivity contribution in [3.05, 3.63) is 0 Å². The van der Waals surface area contributed by atoms with Crippen LogP contribution in [0.25, 0.3) is 0 Å². The fourth-order valence-corrected chi connectivity index (χ4v) is 3.46. The van der Waals surface area contributed by atoms with Crippen LogP contribution in [0.15, 0.2) is 0 Å². The number of esters is 1. The predicted octanol–water partition coefficient (Wildman–Crippen LogP) is 4.66. The highest BCUT2D eigenvalue weighted by Gasteiger charge is 2.26. The largest absolute Gasteiger partial charge is 0.465 e. The third kappa shape index (κ3) is 7.21. The Bertz CT molecular complexity index is 341. The molecule has 134 valence electrons. The number of hydrogen-bond donors (Lipinski definition) is 0. The standard InChI is InChI=1S/C19H34O4/c1-19(2,14-21-18(20)17-11-7-4-8-12-17)15-23-22-13-16-9-5-3-6-10-16/h16-17H,3-15H2,1-2H3. The molecule has 0 saturated heterocycles. The van der Waals surface area contributed by atoms with E-state index in [-0.39, 0.29) is 17.3 Å². The van der Waals surface area contributed by atoms with Crippen molar-refractivity contribution in [3.63, 3.8) is 0 Å². The van der Waals surface area contributed by atoms with E-state index in [9.17, 15) is 4.79 Å². The van der Waals surface area contributed by atoms with Crippen molar-refractivity contribution in [2.75, 3.05) is 19.8 Å². The number of carbonyl (C=O) groups is 1. The maximum atomic E-state index is 12.1. The highest BCUT2D eigenvalue weighted by Crippen LogP contribution is 2.26. The zero-order valence-electron chi connectivity index (χ0n) is 15.0. The lowest BCUT2D eigenvalue weighted by Crippen LogP contribution is -2.30. The summed E-state index contributed by atoms with van der Waals surface area (Å²) in [5.41, 5.74) is -0.211. The number of carbonyl (C=O) groups excluding carboxylic acids is 1. The Hall–Kier alpha value is -0.610. The zero-order chi connectivity index (χ0) is 16.5. The van der Waals surface area contributed by atoms with E-state index in [2.05, 4.69) is 0 Å². The minimum atomic E-state index is -0.211. The van der Waals surface area contributed by atoms with E-state index in [1.807, 2.05) is 13.8 Å². The van der Waals surface area contributed by atoms with Gasteiger partial charge in [0.25, 0.3) is 0 Å². The van der Waals surface area contributed by atoms with Crippen LogP contribution in [0, 0.1) is 17.3 Å². The first-order valence-electron chi connectivity index (χ1n) is 9.48. The first-order valence-corrected chi connectivity index (χ1v) is 9.48. The van der Waals surface area contributed by atoms with Gasteiger partial charge >= 0.3 is 5.97 Å². The Morgan fingerprint density at radius 1 is 0.870 bits per heavy atom. The molecule has 0 aromatic heterocycles. The van der Waals surface area contributed by atoms with Crippen molar-refractivity contribution >= 4 is 5.97 Å². The summed E-state index contributed by atoms with van der Waals surface area (Å²) in [6.45, 7) is 5.64. The summed E-state index contributed by atoms with van der Waals surface area (Å²) in [6, 6.07) is 0. The first-order chi connectivity index (χ1) is 11.1. The minimum Gasteiger partial charge on any atom is -0.465 e. The van der Waals surface area contributed by atoms with E-state index in [1.165, 1.54) is 38.5 Å². The molecule has 0 unspecified atom stereocenters. The zero-order valence-corrected chi connectivity index (χ0v) is 15.0. The molecule has 0 heterocycles. The summed E-state index contributed by atoms with van der Waals surface area (Å²) in [6.07, 6.45) is 12.0. The number of rotatable bonds is 8. The van der Waals surface area contributed by atoms with Crippen molar-refractivity contribution < 1.29 is 19.3 Å². The molecule has 0 aromatic rings. The lowest BCUT2D eigenvalue weighted by atomic mass is 9.89. The predicted molar refractivity (Wildman–Crippen MR) is 89.8 cm³/mol. The van der Waals surface area contributed by atoms with Crippen LogP contribution in [-0.4, -0.2) is 25.8 Å². The van der Waals surface area contributed by atoms with Gasteiger partial charge in [-0.05, 0) is 31.6 Å². The van der Waals surface area contributed by atoms with Gasteiger partial charge < -0.3 is 4.74 Å². The van der Waals surface area contributed by atoms with E-state index in [1.54, 1.807) is 0 Å². The van der Waals surface area contributed by atoms with Crippen molar-refractivity contribution in [2.45, 2.75) is 78.1 Å². The van der Waals surface area contributed by atoms with Crippen molar-refractivity contribution in [2.24, 2.45) is 17.3 Å². The average molecular weight is 326 g/mol. The Labute approximate surface area is 141 Å². The third-order valence-electron chi connectivity index (χ3n) is 5.11. The average Bonchev–Trinajstić information content (AvgIpc) is 2.58. The van der Waals surface area contributed by atoms with Crippen LogP contribution >= 0.6 is 0 Å². The molecule has 2 saturated carbocycles. The molecule has 2 aliphatic rings. The molecule has 23 heavy (non-hydrogen) atoms. The summed E-state index contributed by atoms with van der Waals surface area (Å²) in [5, 5.41) is 0. The second-order valence-corrected chi connectivity index (χ2v) is 8.16. The maximum absolute atomic E-state index is 12.1. The number of ether oxygens (including phenoxy) is 1. The van der Waals surface area contributed by atoms with Crippen molar-refractivity contribution in [1.82, 2.24) is 0 Å². The Morgan fingerprint density at radius 3 is 2.13 bits per heavy atom. The molecule has 4 nitrogen and oxygen atoms in total. The van der Waals surface area contributed by atoms with Crippen LogP contribution in [0.2, 0.25) is 0 Å². The molecular formula is C19H34O4. The molecule has 0 N–H and O–H groups in total. The second-order valence-electron chi connectivity index (χ2n) is 8.16. The normalized spacial score (nSPS) is 21.3. The van der Waals surface area contributed by atoms with Crippen LogP contribution in [0.3, 0.4) is 0 Å². The molecule has 4 heteroatoms. The lowest BCUT2D eigenvalue weighted by Gasteiger charge is -2.26. The van der Waals surface area contributed by atoms with Gasteiger partial charge in [0.05, 0.1) is 25.7 Å². The van der Waals surface area contributed by atoms with Gasteiger partial charge in [0.15, 0.2) is 0 Å². The molecule has 0 aromatic carbocycles. The van der Waals surface area contributed by atoms with Crippen LogP contribution in [0.4, 0.5) is 0 Å². The summed E-state index contributed by atoms with van der Waals surface area (Å²) >= 11 is 0. The molecule has 2 aliphatic carbocycles. The monoisotopic (exact) mass is 326 g/mol. The first kappa shape index (κ1) is 18.7. The maximum Gasteiger partial charge on any atom is 0.308 e. The van der Waals surface area contributed by atoms with Gasteiger partial charge in [0.1, 0.15) is 0 Å². The summed E-state index contributed by atoms with van der Waals surface area (Å²) < 4.78 is 5.52. The van der Waals surface area contributed by atoms with Gasteiger partial charge in [0, 0.05) is 5.41 Å². The molecule has 0 bridgehead atoms. The molecule has 0 spiro atoms. The Kier molecular flexibility index (Phi) is 7.84. The third-order valence-corrected chi connectivity index (χ3v) is 5.11. The SMILES string of the molecule is CC(C)(COOCC1CCCCC1)COC(=O)C1CCCCC1. The van der Waals surface area contributed by atoms with Crippen LogP contribution < -0.4 is 0 Å². The van der Waals surface area contributed by atoms with E-state index in [0.717, 1.165) is 25.7 Å². The second kappa shape index (κ2) is 9.63. The highest BCUT2D eigenvalue weighted by molar-refractivity contribution is 5.72. The van der Waals surface area contributed by atoms with Crippen molar-refractivity contribution in [3.8, 4) is 0 Å². The van der Waals surface area contributed by atoms with Gasteiger partial charge in [-0.25, -0.2) is 9.78 Å². The molecule has 0 amide bonds. The van der Waals surface area contributed by atoms with E-state index in [4.69, 9.17) is 14.5 Å². The lowest BCUT2D eigenvalue weighted by molar-refractivity contribution is -0.316. The van der Waals surface area contributed by atoms with Gasteiger partial charge in [-0.2, -0.15) is 0 Å². The summed E-state index contributed by atoms with van der Waals surface area (Å²) in [7, 11) is 0. The van der Waals surface area contributed by atoms with Crippen molar-refractivity contribution in [1.29, 1.82) is 0 Å². The van der Waals surface area contributed by atoms with Gasteiger partial charge in [-0.3, -0.25) is 4.79 Å². The summed E-state index contributed by atoms with van der Waals surface area (Å²) in [5.74, 6) is 0.736. The van der Waals surface area contributed by atoms with E-state index >= 15 is 0 Å². The molecule has 2 rings (SSSR count). The van der Waals surface area contributed by atoms with Crippen LogP contribution in [0.5, 0.6) is 0 Å². The minimum absolute atomic E-state index is 0.0269. The summed E-state index contributed by atoms with van der Waals surface area (Å²) in [4.78, 5) is 22.9. The molecule has 0 aliphatic heterocycles. The topological polar surface area (TPSA) is 44.8 Å². The van der Waals surface area contributed by atoms with E-state index < -0.39 is 0 Å². The highest BCUT2D eigenvalue weighted by atomic mass is 17.2. The Morgan fingerprint density at radius 2 is 1.48 bits per heavy atom. The number of hydrogen-bond acceptors (Lipinski definition) is 4.